The number of anilines is 2. The average molecular weight is 533 g/mol. The van der Waals surface area contributed by atoms with Crippen LogP contribution in [-0.4, -0.2) is 37.2 Å². The second-order valence-electron chi connectivity index (χ2n) is 7.76. The topological polar surface area (TPSA) is 83.8 Å². The zero-order chi connectivity index (χ0) is 22.0. The summed E-state index contributed by atoms with van der Waals surface area (Å²) in [5, 5.41) is 6.00. The maximum absolute atomic E-state index is 12.5. The summed E-state index contributed by atoms with van der Waals surface area (Å²) >= 11 is 2.19. The molecule has 0 saturated carbocycles. The number of urea groups is 1. The summed E-state index contributed by atoms with van der Waals surface area (Å²) in [6.45, 7) is 3.89. The largest absolute Gasteiger partial charge is 0.490 e. The highest BCUT2D eigenvalue weighted by atomic mass is 127. The molecule has 8 heteroatoms. The number of hydrogen-bond acceptors (Lipinski definition) is 5. The lowest BCUT2D eigenvalue weighted by atomic mass is 10.1. The van der Waals surface area contributed by atoms with Crippen molar-refractivity contribution in [1.29, 1.82) is 0 Å². The normalized spacial score (nSPS) is 15.1. The Morgan fingerprint density at radius 3 is 2.55 bits per heavy atom. The maximum atomic E-state index is 12.5. The molecule has 0 spiro atoms. The molecule has 2 aromatic carbocycles. The first-order valence-electron chi connectivity index (χ1n) is 10.2. The highest BCUT2D eigenvalue weighted by Crippen LogP contribution is 2.29. The van der Waals surface area contributed by atoms with Gasteiger partial charge in [-0.25, -0.2) is 9.59 Å². The Labute approximate surface area is 193 Å². The molecule has 162 valence electrons. The van der Waals surface area contributed by atoms with E-state index in [1.807, 2.05) is 31.2 Å². The minimum atomic E-state index is -0.607. The number of nitrogens with zero attached hydrogens (tertiary/aromatic N) is 1. The van der Waals surface area contributed by atoms with Crippen molar-refractivity contribution in [2.45, 2.75) is 25.9 Å². The van der Waals surface area contributed by atoms with Gasteiger partial charge in [0.2, 0.25) is 0 Å². The molecular weight excluding hydrogens is 509 g/mol. The molecule has 2 amide bonds. The number of fused-ring (bicyclic) bond motifs is 1. The van der Waals surface area contributed by atoms with E-state index >= 15 is 0 Å². The van der Waals surface area contributed by atoms with Crippen LogP contribution in [0.15, 0.2) is 51.7 Å². The number of nitrogens with one attached hydrogen (secondary N) is 2. The number of ether oxygens (including phenoxy) is 1. The van der Waals surface area contributed by atoms with Crippen LogP contribution in [0.5, 0.6) is 5.75 Å². The summed E-state index contributed by atoms with van der Waals surface area (Å²) in [5.41, 5.74) is 1.36. The Bertz CT molecular complexity index is 1150. The number of likely N-dealkylation sites (tertiary alicyclic amines) is 1. The third-order valence-electron chi connectivity index (χ3n) is 5.41. The highest BCUT2D eigenvalue weighted by Gasteiger charge is 2.20. The van der Waals surface area contributed by atoms with Crippen molar-refractivity contribution in [3.63, 3.8) is 0 Å². The number of aryl methyl sites for hydroxylation is 1. The van der Waals surface area contributed by atoms with Crippen LogP contribution in [0, 0.1) is 10.5 Å². The number of piperidine rings is 1. The number of carbonyl (C=O) groups is 1. The standard InChI is InChI=1S/C23H24IN3O4/c1-14-20(30-18-9-11-27(2)12-10-18)8-3-15-13-19(22(28)31-21(14)15)26-23(29)25-17-6-4-16(24)5-7-17/h3-8,13,18H,9-12H2,1-2H3,(H2,25,26,29). The lowest BCUT2D eigenvalue weighted by molar-refractivity contribution is 0.113. The molecule has 0 aliphatic carbocycles. The van der Waals surface area contributed by atoms with Crippen LogP contribution in [0.1, 0.15) is 18.4 Å². The summed E-state index contributed by atoms with van der Waals surface area (Å²) in [5.74, 6) is 0.724. The van der Waals surface area contributed by atoms with Crippen LogP contribution >= 0.6 is 22.6 Å². The molecule has 7 nitrogen and oxygen atoms in total. The van der Waals surface area contributed by atoms with Gasteiger partial charge in [-0.1, -0.05) is 0 Å². The SMILES string of the molecule is Cc1c(OC2CCN(C)CC2)ccc2cc(NC(=O)Nc3ccc(I)cc3)c(=O)oc12. The smallest absolute Gasteiger partial charge is 0.360 e. The predicted octanol–water partition coefficient (Wildman–Crippen LogP) is 4.82. The molecule has 1 aliphatic rings. The van der Waals surface area contributed by atoms with Crippen molar-refractivity contribution < 1.29 is 13.9 Å². The van der Waals surface area contributed by atoms with Crippen molar-refractivity contribution in [3.05, 3.63) is 62.0 Å². The van der Waals surface area contributed by atoms with Gasteiger partial charge in [-0.05, 0) is 91.9 Å². The minimum absolute atomic E-state index is 0.0823. The number of amides is 2. The average Bonchev–Trinajstić information content (AvgIpc) is 2.74. The van der Waals surface area contributed by atoms with Crippen LogP contribution in [-0.2, 0) is 0 Å². The van der Waals surface area contributed by atoms with Crippen LogP contribution < -0.4 is 21.0 Å². The van der Waals surface area contributed by atoms with Gasteiger partial charge in [-0.3, -0.25) is 0 Å². The van der Waals surface area contributed by atoms with E-state index in [0.717, 1.165) is 46.2 Å². The molecule has 0 radical (unpaired) electrons. The van der Waals surface area contributed by atoms with E-state index in [0.29, 0.717) is 11.3 Å². The Hall–Kier alpha value is -2.59. The molecule has 2 N–H and O–H groups in total. The molecular formula is C23H24IN3O4. The fraction of sp³-hybridized carbons (Fsp3) is 0.304. The first-order chi connectivity index (χ1) is 14.9. The van der Waals surface area contributed by atoms with Crippen molar-refractivity contribution in [2.24, 2.45) is 0 Å². The fourth-order valence-corrected chi connectivity index (χ4v) is 3.98. The number of halogens is 1. The number of rotatable bonds is 4. The fourth-order valence-electron chi connectivity index (χ4n) is 3.62. The quantitative estimate of drug-likeness (QED) is 0.371. The summed E-state index contributed by atoms with van der Waals surface area (Å²) in [4.78, 5) is 27.1. The summed E-state index contributed by atoms with van der Waals surface area (Å²) in [6.07, 6.45) is 2.09. The summed E-state index contributed by atoms with van der Waals surface area (Å²) in [6, 6.07) is 12.2. The lowest BCUT2D eigenvalue weighted by Gasteiger charge is -2.29. The van der Waals surface area contributed by atoms with Gasteiger partial charge in [0.25, 0.3) is 0 Å². The van der Waals surface area contributed by atoms with Crippen molar-refractivity contribution in [3.8, 4) is 5.75 Å². The minimum Gasteiger partial charge on any atom is -0.490 e. The number of hydrogen-bond donors (Lipinski definition) is 2. The van der Waals surface area contributed by atoms with Crippen LogP contribution in [0.3, 0.4) is 0 Å². The van der Waals surface area contributed by atoms with Gasteiger partial charge in [0.15, 0.2) is 0 Å². The molecule has 0 atom stereocenters. The van der Waals surface area contributed by atoms with Gasteiger partial charge in [0, 0.05) is 33.3 Å². The molecule has 1 aromatic heterocycles. The van der Waals surface area contributed by atoms with Crippen molar-refractivity contribution in [1.82, 2.24) is 4.90 Å². The maximum Gasteiger partial charge on any atom is 0.360 e. The Morgan fingerprint density at radius 2 is 1.84 bits per heavy atom. The Morgan fingerprint density at radius 1 is 1.13 bits per heavy atom. The van der Waals surface area contributed by atoms with Gasteiger partial charge in [0.1, 0.15) is 23.1 Å². The number of carbonyl (C=O) groups excluding carboxylic acids is 1. The van der Waals surface area contributed by atoms with E-state index in [2.05, 4.69) is 45.2 Å². The Kier molecular flexibility index (Phi) is 6.47. The number of benzene rings is 2. The van der Waals surface area contributed by atoms with E-state index < -0.39 is 11.7 Å². The third kappa shape index (κ3) is 5.19. The predicted molar refractivity (Wildman–Crippen MR) is 130 cm³/mol. The second kappa shape index (κ2) is 9.27. The van der Waals surface area contributed by atoms with Gasteiger partial charge in [-0.15, -0.1) is 0 Å². The van der Waals surface area contributed by atoms with Crippen molar-refractivity contribution >= 4 is 51.0 Å². The van der Waals surface area contributed by atoms with Crippen molar-refractivity contribution in [2.75, 3.05) is 30.8 Å². The summed E-state index contributed by atoms with van der Waals surface area (Å²) in [7, 11) is 2.11. The first-order valence-corrected chi connectivity index (χ1v) is 11.2. The van der Waals surface area contributed by atoms with Crippen LogP contribution in [0.25, 0.3) is 11.0 Å². The third-order valence-corrected chi connectivity index (χ3v) is 6.13. The molecule has 0 bridgehead atoms. The molecule has 4 rings (SSSR count). The second-order valence-corrected chi connectivity index (χ2v) is 9.01. The molecule has 3 aromatic rings. The van der Waals surface area contributed by atoms with Gasteiger partial charge < -0.3 is 24.7 Å². The molecule has 2 heterocycles. The highest BCUT2D eigenvalue weighted by molar-refractivity contribution is 14.1. The van der Waals surface area contributed by atoms with Gasteiger partial charge >= 0.3 is 11.7 Å². The summed E-state index contributed by atoms with van der Waals surface area (Å²) < 4.78 is 12.8. The molecule has 1 aliphatic heterocycles. The molecule has 31 heavy (non-hydrogen) atoms. The molecule has 1 saturated heterocycles. The van der Waals surface area contributed by atoms with E-state index in [-0.39, 0.29) is 11.8 Å². The van der Waals surface area contributed by atoms with Crippen LogP contribution in [0.4, 0.5) is 16.2 Å². The molecule has 0 unspecified atom stereocenters. The molecule has 1 fully saturated rings. The monoisotopic (exact) mass is 533 g/mol. The van der Waals surface area contributed by atoms with E-state index in [1.165, 1.54) is 0 Å². The van der Waals surface area contributed by atoms with Gasteiger partial charge in [-0.2, -0.15) is 0 Å². The zero-order valence-corrected chi connectivity index (χ0v) is 19.6. The van der Waals surface area contributed by atoms with Gasteiger partial charge in [0.05, 0.1) is 0 Å². The van der Waals surface area contributed by atoms with E-state index in [1.54, 1.807) is 18.2 Å². The van der Waals surface area contributed by atoms with E-state index in [4.69, 9.17) is 9.15 Å². The van der Waals surface area contributed by atoms with E-state index in [9.17, 15) is 9.59 Å². The Balaban J connectivity index is 1.51. The first kappa shape index (κ1) is 21.6. The zero-order valence-electron chi connectivity index (χ0n) is 17.4. The van der Waals surface area contributed by atoms with Crippen LogP contribution in [0.2, 0.25) is 0 Å². The lowest BCUT2D eigenvalue weighted by Crippen LogP contribution is -2.35.